The second kappa shape index (κ2) is 5.58. The van der Waals surface area contributed by atoms with E-state index in [1.807, 2.05) is 0 Å². The SMILES string of the molecule is C[C@H]([C@H]1CC[C@@]2(C)[C@H]3CC[C@@H]4C(C)(C)[C@@H](N)CC[C@@]45C[C@@]35CC[C@]12C)N(C)C. The van der Waals surface area contributed by atoms with Crippen LogP contribution in [-0.4, -0.2) is 31.1 Å². The van der Waals surface area contributed by atoms with Gasteiger partial charge in [0.2, 0.25) is 0 Å². The molecule has 28 heavy (non-hydrogen) atoms. The van der Waals surface area contributed by atoms with Gasteiger partial charge in [0.05, 0.1) is 0 Å². The molecular formula is C26H46N2. The minimum Gasteiger partial charge on any atom is -0.327 e. The highest BCUT2D eigenvalue weighted by molar-refractivity contribution is 5.30. The van der Waals surface area contributed by atoms with Crippen LogP contribution in [0.2, 0.25) is 0 Å². The predicted molar refractivity (Wildman–Crippen MR) is 118 cm³/mol. The predicted octanol–water partition coefficient (Wildman–Crippen LogP) is 5.70. The van der Waals surface area contributed by atoms with Crippen LogP contribution >= 0.6 is 0 Å². The first-order chi connectivity index (χ1) is 13.0. The van der Waals surface area contributed by atoms with Gasteiger partial charge in [-0.1, -0.05) is 27.7 Å². The van der Waals surface area contributed by atoms with Crippen LogP contribution in [-0.2, 0) is 0 Å². The number of nitrogens with two attached hydrogens (primary N) is 1. The molecule has 5 fully saturated rings. The van der Waals surface area contributed by atoms with E-state index >= 15 is 0 Å². The molecular weight excluding hydrogens is 340 g/mol. The number of nitrogens with zero attached hydrogens (tertiary/aromatic N) is 1. The van der Waals surface area contributed by atoms with Gasteiger partial charge < -0.3 is 10.6 Å². The maximum absolute atomic E-state index is 6.67. The minimum atomic E-state index is 0.339. The summed E-state index contributed by atoms with van der Waals surface area (Å²) in [6.07, 6.45) is 13.1. The summed E-state index contributed by atoms with van der Waals surface area (Å²) in [5, 5.41) is 0. The van der Waals surface area contributed by atoms with Crippen molar-refractivity contribution in [1.82, 2.24) is 4.90 Å². The highest BCUT2D eigenvalue weighted by Crippen LogP contribution is 2.88. The third-order valence-electron chi connectivity index (χ3n) is 12.7. The Morgan fingerprint density at radius 2 is 1.43 bits per heavy atom. The van der Waals surface area contributed by atoms with Gasteiger partial charge in [-0.3, -0.25) is 0 Å². The molecule has 160 valence electrons. The second-order valence-electron chi connectivity index (χ2n) is 13.3. The van der Waals surface area contributed by atoms with Crippen molar-refractivity contribution in [3.63, 3.8) is 0 Å². The van der Waals surface area contributed by atoms with Crippen LogP contribution < -0.4 is 5.73 Å². The van der Waals surface area contributed by atoms with Gasteiger partial charge in [-0.15, -0.1) is 0 Å². The molecule has 0 unspecified atom stereocenters. The van der Waals surface area contributed by atoms with Crippen LogP contribution in [0.15, 0.2) is 0 Å². The highest BCUT2D eigenvalue weighted by atomic mass is 15.1. The number of hydrogen-bond donors (Lipinski definition) is 1. The number of fused-ring (bicyclic) bond motifs is 2. The Kier molecular flexibility index (Phi) is 3.96. The van der Waals surface area contributed by atoms with Crippen molar-refractivity contribution in [2.45, 2.75) is 104 Å². The van der Waals surface area contributed by atoms with Crippen molar-refractivity contribution in [2.24, 2.45) is 50.6 Å². The van der Waals surface area contributed by atoms with Gasteiger partial charge in [-0.25, -0.2) is 0 Å². The lowest BCUT2D eigenvalue weighted by Gasteiger charge is -2.63. The Morgan fingerprint density at radius 1 is 0.786 bits per heavy atom. The summed E-state index contributed by atoms with van der Waals surface area (Å²) >= 11 is 0. The third kappa shape index (κ3) is 1.99. The molecule has 2 heteroatoms. The fourth-order valence-electron chi connectivity index (χ4n) is 10.6. The average molecular weight is 387 g/mol. The lowest BCUT2D eigenvalue weighted by molar-refractivity contribution is -0.144. The summed E-state index contributed by atoms with van der Waals surface area (Å²) in [6.45, 7) is 13.0. The fourth-order valence-corrected chi connectivity index (χ4v) is 10.6. The first-order valence-corrected chi connectivity index (χ1v) is 12.4. The standard InChI is InChI=1S/C26H46N2/c1-17(28(6)7)18-10-12-24(5)20-9-8-19-22(2,3)21(27)11-13-25(19)16-26(20,25)15-14-23(18,24)4/h17-21H,8-16,27H2,1-7H3/t17-,18-,19-,20-,21+,23-,24+,25-,26+/m1/s1. The van der Waals surface area contributed by atoms with E-state index in [9.17, 15) is 0 Å². The van der Waals surface area contributed by atoms with Gasteiger partial charge in [-0.05, 0) is 124 Å². The normalized spacial score (nSPS) is 57.8. The zero-order valence-electron chi connectivity index (χ0n) is 19.8. The van der Waals surface area contributed by atoms with Gasteiger partial charge in [0.15, 0.2) is 0 Å². The van der Waals surface area contributed by atoms with E-state index in [0.29, 0.717) is 39.2 Å². The molecule has 0 saturated heterocycles. The first kappa shape index (κ1) is 19.9. The van der Waals surface area contributed by atoms with E-state index in [1.54, 1.807) is 6.42 Å². The van der Waals surface area contributed by atoms with Gasteiger partial charge in [0.1, 0.15) is 0 Å². The summed E-state index contributed by atoms with van der Waals surface area (Å²) in [5.74, 6) is 2.72. The summed E-state index contributed by atoms with van der Waals surface area (Å²) in [7, 11) is 4.59. The van der Waals surface area contributed by atoms with E-state index in [1.165, 1.54) is 51.4 Å². The molecule has 2 spiro atoms. The van der Waals surface area contributed by atoms with Crippen LogP contribution in [0.1, 0.15) is 92.4 Å². The fraction of sp³-hybridized carbons (Fsp3) is 1.00. The van der Waals surface area contributed by atoms with Crippen molar-refractivity contribution in [1.29, 1.82) is 0 Å². The Morgan fingerprint density at radius 3 is 2.11 bits per heavy atom. The third-order valence-corrected chi connectivity index (χ3v) is 12.7. The summed E-state index contributed by atoms with van der Waals surface area (Å²) in [4.78, 5) is 2.49. The van der Waals surface area contributed by atoms with E-state index in [0.717, 1.165) is 17.8 Å². The van der Waals surface area contributed by atoms with Crippen LogP contribution in [0.25, 0.3) is 0 Å². The monoisotopic (exact) mass is 386 g/mol. The van der Waals surface area contributed by atoms with Crippen LogP contribution in [0.4, 0.5) is 0 Å². The highest BCUT2D eigenvalue weighted by Gasteiger charge is 2.82. The molecule has 9 atom stereocenters. The van der Waals surface area contributed by atoms with Gasteiger partial charge in [0.25, 0.3) is 0 Å². The van der Waals surface area contributed by atoms with Crippen LogP contribution in [0.5, 0.6) is 0 Å². The Balaban J connectivity index is 1.50. The molecule has 0 radical (unpaired) electrons. The van der Waals surface area contributed by atoms with E-state index in [2.05, 4.69) is 53.6 Å². The largest absolute Gasteiger partial charge is 0.327 e. The maximum Gasteiger partial charge on any atom is 0.00945 e. The molecule has 0 aromatic carbocycles. The lowest BCUT2D eigenvalue weighted by atomic mass is 9.42. The van der Waals surface area contributed by atoms with Gasteiger partial charge >= 0.3 is 0 Å². The molecule has 0 bridgehead atoms. The van der Waals surface area contributed by atoms with Crippen molar-refractivity contribution in [3.8, 4) is 0 Å². The van der Waals surface area contributed by atoms with E-state index < -0.39 is 0 Å². The minimum absolute atomic E-state index is 0.339. The number of rotatable bonds is 2. The molecule has 0 aromatic heterocycles. The molecule has 5 aliphatic carbocycles. The van der Waals surface area contributed by atoms with Gasteiger partial charge in [0, 0.05) is 12.1 Å². The van der Waals surface area contributed by atoms with Crippen molar-refractivity contribution >= 4 is 0 Å². The molecule has 0 aliphatic heterocycles. The molecule has 0 amide bonds. The molecule has 0 heterocycles. The molecule has 2 N–H and O–H groups in total. The van der Waals surface area contributed by atoms with Crippen LogP contribution in [0, 0.1) is 44.8 Å². The summed E-state index contributed by atoms with van der Waals surface area (Å²) < 4.78 is 0. The van der Waals surface area contributed by atoms with E-state index in [4.69, 9.17) is 5.73 Å². The summed E-state index contributed by atoms with van der Waals surface area (Å²) in [6, 6.07) is 1.12. The Bertz CT molecular complexity index is 669. The quantitative estimate of drug-likeness (QED) is 0.659. The maximum atomic E-state index is 6.67. The molecule has 2 nitrogen and oxygen atoms in total. The zero-order chi connectivity index (χ0) is 20.3. The zero-order valence-corrected chi connectivity index (χ0v) is 19.8. The van der Waals surface area contributed by atoms with Crippen molar-refractivity contribution in [2.75, 3.05) is 14.1 Å². The summed E-state index contributed by atoms with van der Waals surface area (Å²) in [5.41, 5.74) is 9.43. The average Bonchev–Trinajstić information content (AvgIpc) is 3.21. The second-order valence-corrected chi connectivity index (χ2v) is 13.3. The van der Waals surface area contributed by atoms with E-state index in [-0.39, 0.29) is 0 Å². The lowest BCUT2D eigenvalue weighted by Crippen LogP contribution is -2.59. The Hall–Kier alpha value is -0.0800. The van der Waals surface area contributed by atoms with Gasteiger partial charge in [-0.2, -0.15) is 0 Å². The Labute approximate surface area is 174 Å². The molecule has 5 rings (SSSR count). The molecule has 5 saturated carbocycles. The first-order valence-electron chi connectivity index (χ1n) is 12.4. The smallest absolute Gasteiger partial charge is 0.00945 e. The number of hydrogen-bond acceptors (Lipinski definition) is 2. The van der Waals surface area contributed by atoms with Crippen molar-refractivity contribution in [3.05, 3.63) is 0 Å². The van der Waals surface area contributed by atoms with Crippen molar-refractivity contribution < 1.29 is 0 Å². The molecule has 0 aromatic rings. The van der Waals surface area contributed by atoms with Crippen LogP contribution in [0.3, 0.4) is 0 Å². The molecule has 5 aliphatic rings. The topological polar surface area (TPSA) is 29.3 Å².